The van der Waals surface area contributed by atoms with Crippen molar-refractivity contribution in [3.8, 4) is 22.6 Å². The van der Waals surface area contributed by atoms with E-state index in [1.54, 1.807) is 14.2 Å². The Balaban J connectivity index is 2.71. The minimum atomic E-state index is 0.406. The molecule has 2 heteroatoms. The smallest absolute Gasteiger partial charge is 0.133 e. The van der Waals surface area contributed by atoms with E-state index >= 15 is 0 Å². The highest BCUT2D eigenvalue weighted by atomic mass is 16.5. The van der Waals surface area contributed by atoms with Gasteiger partial charge in [-0.15, -0.1) is 0 Å². The third-order valence-electron chi connectivity index (χ3n) is 3.26. The van der Waals surface area contributed by atoms with Gasteiger partial charge < -0.3 is 9.47 Å². The first kappa shape index (κ1) is 13.5. The number of ether oxygens (including phenoxy) is 2. The molecular formula is C17H20O2. The molecule has 0 heterocycles. The predicted molar refractivity (Wildman–Crippen MR) is 79.1 cm³/mol. The lowest BCUT2D eigenvalue weighted by Gasteiger charge is -2.19. The van der Waals surface area contributed by atoms with Crippen LogP contribution in [0, 0.1) is 0 Å². The zero-order valence-electron chi connectivity index (χ0n) is 11.9. The molecule has 0 bridgehead atoms. The van der Waals surface area contributed by atoms with E-state index < -0.39 is 0 Å². The van der Waals surface area contributed by atoms with E-state index in [1.165, 1.54) is 5.56 Å². The van der Waals surface area contributed by atoms with Crippen molar-refractivity contribution in [3.63, 3.8) is 0 Å². The van der Waals surface area contributed by atoms with Crippen LogP contribution >= 0.6 is 0 Å². The fraction of sp³-hybridized carbons (Fsp3) is 0.294. The largest absolute Gasteiger partial charge is 0.496 e. The molecule has 0 radical (unpaired) electrons. The SMILES string of the molecule is COc1ccc(C(C)C)c(OC)c1-c1ccccc1. The Kier molecular flexibility index (Phi) is 4.10. The molecule has 2 aromatic rings. The van der Waals surface area contributed by atoms with Crippen LogP contribution in [-0.2, 0) is 0 Å². The van der Waals surface area contributed by atoms with Crippen LogP contribution in [0.1, 0.15) is 25.3 Å². The van der Waals surface area contributed by atoms with Crippen molar-refractivity contribution in [2.75, 3.05) is 14.2 Å². The van der Waals surface area contributed by atoms with Crippen molar-refractivity contribution < 1.29 is 9.47 Å². The molecule has 2 rings (SSSR count). The van der Waals surface area contributed by atoms with Gasteiger partial charge in [0.05, 0.1) is 19.8 Å². The van der Waals surface area contributed by atoms with E-state index in [-0.39, 0.29) is 0 Å². The monoisotopic (exact) mass is 256 g/mol. The predicted octanol–water partition coefficient (Wildman–Crippen LogP) is 4.49. The van der Waals surface area contributed by atoms with Crippen molar-refractivity contribution in [3.05, 3.63) is 48.0 Å². The Labute approximate surface area is 115 Å². The topological polar surface area (TPSA) is 18.5 Å². The van der Waals surface area contributed by atoms with E-state index in [2.05, 4.69) is 32.0 Å². The Hall–Kier alpha value is -1.96. The van der Waals surface area contributed by atoms with Gasteiger partial charge in [-0.1, -0.05) is 50.2 Å². The third kappa shape index (κ3) is 2.58. The molecule has 0 aliphatic carbocycles. The van der Waals surface area contributed by atoms with Crippen molar-refractivity contribution in [2.24, 2.45) is 0 Å². The molecule has 2 aromatic carbocycles. The number of hydrogen-bond acceptors (Lipinski definition) is 2. The number of rotatable bonds is 4. The van der Waals surface area contributed by atoms with E-state index in [0.717, 1.165) is 22.6 Å². The van der Waals surface area contributed by atoms with Gasteiger partial charge in [-0.3, -0.25) is 0 Å². The zero-order chi connectivity index (χ0) is 13.8. The molecule has 19 heavy (non-hydrogen) atoms. The first-order chi connectivity index (χ1) is 9.19. The summed E-state index contributed by atoms with van der Waals surface area (Å²) in [5.74, 6) is 2.15. The molecule has 0 aliphatic rings. The van der Waals surface area contributed by atoms with Crippen LogP contribution in [0.3, 0.4) is 0 Å². The Bertz CT molecular complexity index is 545. The summed E-state index contributed by atoms with van der Waals surface area (Å²) in [7, 11) is 3.41. The Morgan fingerprint density at radius 3 is 2.05 bits per heavy atom. The molecule has 2 nitrogen and oxygen atoms in total. The van der Waals surface area contributed by atoms with Gasteiger partial charge in [-0.25, -0.2) is 0 Å². The molecule has 0 saturated heterocycles. The van der Waals surface area contributed by atoms with Gasteiger partial charge in [-0.2, -0.15) is 0 Å². The molecule has 0 atom stereocenters. The van der Waals surface area contributed by atoms with Gasteiger partial charge in [0, 0.05) is 0 Å². The second-order valence-electron chi connectivity index (χ2n) is 4.79. The van der Waals surface area contributed by atoms with E-state index in [4.69, 9.17) is 9.47 Å². The fourth-order valence-corrected chi connectivity index (χ4v) is 2.30. The normalized spacial score (nSPS) is 10.6. The van der Waals surface area contributed by atoms with Gasteiger partial charge in [-0.05, 0) is 23.1 Å². The molecular weight excluding hydrogens is 236 g/mol. The maximum Gasteiger partial charge on any atom is 0.133 e. The molecule has 0 N–H and O–H groups in total. The summed E-state index contributed by atoms with van der Waals surface area (Å²) in [5, 5.41) is 0. The van der Waals surface area contributed by atoms with Crippen molar-refractivity contribution in [1.29, 1.82) is 0 Å². The van der Waals surface area contributed by atoms with Gasteiger partial charge in [0.15, 0.2) is 0 Å². The second kappa shape index (κ2) is 5.79. The summed E-state index contributed by atoms with van der Waals surface area (Å²) in [6.07, 6.45) is 0. The zero-order valence-corrected chi connectivity index (χ0v) is 11.9. The molecule has 0 aliphatic heterocycles. The van der Waals surface area contributed by atoms with E-state index in [0.29, 0.717) is 5.92 Å². The van der Waals surface area contributed by atoms with Gasteiger partial charge >= 0.3 is 0 Å². The van der Waals surface area contributed by atoms with Crippen LogP contribution in [0.25, 0.3) is 11.1 Å². The highest BCUT2D eigenvalue weighted by molar-refractivity contribution is 5.78. The van der Waals surface area contributed by atoms with Crippen LogP contribution in [0.4, 0.5) is 0 Å². The van der Waals surface area contributed by atoms with E-state index in [1.807, 2.05) is 24.3 Å². The number of benzene rings is 2. The minimum Gasteiger partial charge on any atom is -0.496 e. The quantitative estimate of drug-likeness (QED) is 0.802. The molecule has 0 unspecified atom stereocenters. The van der Waals surface area contributed by atoms with Crippen LogP contribution < -0.4 is 9.47 Å². The lowest BCUT2D eigenvalue weighted by Crippen LogP contribution is -1.99. The summed E-state index contributed by atoms with van der Waals surface area (Å²) < 4.78 is 11.2. The Morgan fingerprint density at radius 1 is 0.842 bits per heavy atom. The maximum absolute atomic E-state index is 5.65. The van der Waals surface area contributed by atoms with Crippen LogP contribution in [0.15, 0.2) is 42.5 Å². The third-order valence-corrected chi connectivity index (χ3v) is 3.26. The summed E-state index contributed by atoms with van der Waals surface area (Å²) in [6, 6.07) is 14.3. The van der Waals surface area contributed by atoms with Crippen LogP contribution in [0.2, 0.25) is 0 Å². The number of hydrogen-bond donors (Lipinski definition) is 0. The number of methoxy groups -OCH3 is 2. The van der Waals surface area contributed by atoms with Gasteiger partial charge in [0.2, 0.25) is 0 Å². The van der Waals surface area contributed by atoms with E-state index in [9.17, 15) is 0 Å². The van der Waals surface area contributed by atoms with Gasteiger partial charge in [0.1, 0.15) is 11.5 Å². The fourth-order valence-electron chi connectivity index (χ4n) is 2.30. The molecule has 0 fully saturated rings. The van der Waals surface area contributed by atoms with Crippen molar-refractivity contribution in [1.82, 2.24) is 0 Å². The lowest BCUT2D eigenvalue weighted by molar-refractivity contribution is 0.393. The van der Waals surface area contributed by atoms with Crippen LogP contribution in [0.5, 0.6) is 11.5 Å². The first-order valence-electron chi connectivity index (χ1n) is 6.49. The molecule has 0 aromatic heterocycles. The molecule has 0 saturated carbocycles. The maximum atomic E-state index is 5.65. The minimum absolute atomic E-state index is 0.406. The molecule has 0 amide bonds. The first-order valence-corrected chi connectivity index (χ1v) is 6.49. The average Bonchev–Trinajstić information content (AvgIpc) is 2.46. The van der Waals surface area contributed by atoms with Crippen molar-refractivity contribution >= 4 is 0 Å². The summed E-state index contributed by atoms with van der Waals surface area (Å²) in [6.45, 7) is 4.33. The average molecular weight is 256 g/mol. The molecule has 100 valence electrons. The second-order valence-corrected chi connectivity index (χ2v) is 4.79. The highest BCUT2D eigenvalue weighted by Crippen LogP contribution is 2.42. The lowest BCUT2D eigenvalue weighted by atomic mass is 9.94. The highest BCUT2D eigenvalue weighted by Gasteiger charge is 2.18. The van der Waals surface area contributed by atoms with Crippen LogP contribution in [-0.4, -0.2) is 14.2 Å². The summed E-state index contributed by atoms with van der Waals surface area (Å²) in [4.78, 5) is 0. The molecule has 0 spiro atoms. The van der Waals surface area contributed by atoms with Crippen molar-refractivity contribution in [2.45, 2.75) is 19.8 Å². The Morgan fingerprint density at radius 2 is 1.53 bits per heavy atom. The standard InChI is InChI=1S/C17H20O2/c1-12(2)14-10-11-15(18-3)16(17(14)19-4)13-8-6-5-7-9-13/h5-12H,1-4H3. The summed E-state index contributed by atoms with van der Waals surface area (Å²) in [5.41, 5.74) is 3.33. The van der Waals surface area contributed by atoms with Gasteiger partial charge in [0.25, 0.3) is 0 Å². The summed E-state index contributed by atoms with van der Waals surface area (Å²) >= 11 is 0.